The van der Waals surface area contributed by atoms with Crippen molar-refractivity contribution in [1.82, 2.24) is 9.88 Å². The molecule has 24 heavy (non-hydrogen) atoms. The van der Waals surface area contributed by atoms with Gasteiger partial charge in [-0.25, -0.2) is 4.98 Å². The van der Waals surface area contributed by atoms with Crippen molar-refractivity contribution in [1.29, 1.82) is 0 Å². The number of ether oxygens (including phenoxy) is 1. The highest BCUT2D eigenvalue weighted by atomic mass is 35.5. The average Bonchev–Trinajstić information content (AvgIpc) is 3.44. The van der Waals surface area contributed by atoms with Gasteiger partial charge in [-0.1, -0.05) is 35.5 Å². The summed E-state index contributed by atoms with van der Waals surface area (Å²) in [4.78, 5) is 18.8. The molecule has 0 unspecified atom stereocenters. The smallest absolute Gasteiger partial charge is 0.233 e. The minimum Gasteiger partial charge on any atom is -0.497 e. The van der Waals surface area contributed by atoms with E-state index in [4.69, 9.17) is 16.3 Å². The minimum absolute atomic E-state index is 0.125. The molecule has 0 N–H and O–H groups in total. The van der Waals surface area contributed by atoms with Gasteiger partial charge >= 0.3 is 0 Å². The van der Waals surface area contributed by atoms with Crippen LogP contribution in [0.15, 0.2) is 47.6 Å². The SMILES string of the molecule is COc1ccc(CN(C(=O)CSc2ncccc2Cl)C2CC2)cc1. The van der Waals surface area contributed by atoms with E-state index < -0.39 is 0 Å². The molecule has 1 aliphatic carbocycles. The van der Waals surface area contributed by atoms with Crippen LogP contribution in [0.4, 0.5) is 0 Å². The zero-order chi connectivity index (χ0) is 16.9. The Labute approximate surface area is 151 Å². The normalized spacial score (nSPS) is 13.6. The van der Waals surface area contributed by atoms with Crippen molar-refractivity contribution in [2.75, 3.05) is 12.9 Å². The lowest BCUT2D eigenvalue weighted by molar-refractivity contribution is -0.129. The number of rotatable bonds is 7. The Kier molecular flexibility index (Phi) is 5.63. The molecule has 0 aliphatic heterocycles. The van der Waals surface area contributed by atoms with Crippen LogP contribution in [0.5, 0.6) is 5.75 Å². The van der Waals surface area contributed by atoms with Crippen molar-refractivity contribution in [2.45, 2.75) is 30.5 Å². The zero-order valence-corrected chi connectivity index (χ0v) is 15.0. The number of hydrogen-bond acceptors (Lipinski definition) is 4. The molecule has 6 heteroatoms. The van der Waals surface area contributed by atoms with Gasteiger partial charge in [0, 0.05) is 18.8 Å². The lowest BCUT2D eigenvalue weighted by Gasteiger charge is -2.22. The highest BCUT2D eigenvalue weighted by Gasteiger charge is 2.32. The fourth-order valence-corrected chi connectivity index (χ4v) is 3.48. The Morgan fingerprint density at radius 3 is 2.71 bits per heavy atom. The Balaban J connectivity index is 1.62. The Morgan fingerprint density at radius 2 is 2.08 bits per heavy atom. The molecule has 2 aromatic rings. The first-order chi connectivity index (χ1) is 11.7. The van der Waals surface area contributed by atoms with Gasteiger partial charge in [0.15, 0.2) is 0 Å². The molecule has 3 rings (SSSR count). The monoisotopic (exact) mass is 362 g/mol. The maximum atomic E-state index is 12.6. The Hall–Kier alpha value is -1.72. The van der Waals surface area contributed by atoms with Crippen LogP contribution in [0.2, 0.25) is 5.02 Å². The summed E-state index contributed by atoms with van der Waals surface area (Å²) in [6.07, 6.45) is 3.85. The molecule has 126 valence electrons. The van der Waals surface area contributed by atoms with Gasteiger partial charge in [-0.3, -0.25) is 4.79 Å². The number of amides is 1. The standard InChI is InChI=1S/C18H19ClN2O2S/c1-23-15-8-4-13(5-9-15)11-21(14-6-7-14)17(22)12-24-18-16(19)3-2-10-20-18/h2-5,8-10,14H,6-7,11-12H2,1H3. The van der Waals surface area contributed by atoms with E-state index in [1.165, 1.54) is 11.8 Å². The molecule has 1 aliphatic rings. The van der Waals surface area contributed by atoms with Crippen molar-refractivity contribution < 1.29 is 9.53 Å². The van der Waals surface area contributed by atoms with Crippen molar-refractivity contribution in [3.63, 3.8) is 0 Å². The summed E-state index contributed by atoms with van der Waals surface area (Å²) >= 11 is 7.49. The number of methoxy groups -OCH3 is 1. The number of pyridine rings is 1. The van der Waals surface area contributed by atoms with E-state index in [-0.39, 0.29) is 5.91 Å². The van der Waals surface area contributed by atoms with Gasteiger partial charge < -0.3 is 9.64 Å². The van der Waals surface area contributed by atoms with E-state index in [0.29, 0.717) is 28.4 Å². The lowest BCUT2D eigenvalue weighted by atomic mass is 10.2. The number of thioether (sulfide) groups is 1. The second kappa shape index (κ2) is 7.90. The maximum Gasteiger partial charge on any atom is 0.233 e. The highest BCUT2D eigenvalue weighted by Crippen LogP contribution is 2.31. The number of carbonyl (C=O) groups excluding carboxylic acids is 1. The van der Waals surface area contributed by atoms with Crippen LogP contribution >= 0.6 is 23.4 Å². The van der Waals surface area contributed by atoms with Gasteiger partial charge in [-0.15, -0.1) is 0 Å². The Bertz CT molecular complexity index is 704. The minimum atomic E-state index is 0.125. The molecule has 0 atom stereocenters. The van der Waals surface area contributed by atoms with Crippen LogP contribution in [0.1, 0.15) is 18.4 Å². The zero-order valence-electron chi connectivity index (χ0n) is 13.4. The topological polar surface area (TPSA) is 42.4 Å². The fraction of sp³-hybridized carbons (Fsp3) is 0.333. The number of halogens is 1. The first-order valence-corrected chi connectivity index (χ1v) is 9.19. The molecular formula is C18H19ClN2O2S. The van der Waals surface area contributed by atoms with Gasteiger partial charge in [0.25, 0.3) is 0 Å². The van der Waals surface area contributed by atoms with E-state index in [0.717, 1.165) is 24.2 Å². The third kappa shape index (κ3) is 4.42. The van der Waals surface area contributed by atoms with E-state index in [1.54, 1.807) is 25.4 Å². The van der Waals surface area contributed by atoms with Gasteiger partial charge in [-0.05, 0) is 42.7 Å². The first kappa shape index (κ1) is 17.1. The number of aromatic nitrogens is 1. The molecule has 4 nitrogen and oxygen atoms in total. The van der Waals surface area contributed by atoms with Crippen LogP contribution in [0.3, 0.4) is 0 Å². The predicted molar refractivity (Wildman–Crippen MR) is 96.5 cm³/mol. The van der Waals surface area contributed by atoms with E-state index in [2.05, 4.69) is 4.98 Å². The number of benzene rings is 1. The second-order valence-corrected chi connectivity index (χ2v) is 7.05. The van der Waals surface area contributed by atoms with E-state index in [9.17, 15) is 4.79 Å². The molecule has 0 saturated heterocycles. The number of carbonyl (C=O) groups is 1. The molecule has 1 aromatic heterocycles. The maximum absolute atomic E-state index is 12.6. The van der Waals surface area contributed by atoms with Crippen LogP contribution in [-0.2, 0) is 11.3 Å². The van der Waals surface area contributed by atoms with Gasteiger partial charge in [0.2, 0.25) is 5.91 Å². The summed E-state index contributed by atoms with van der Waals surface area (Å²) in [5.41, 5.74) is 1.11. The third-order valence-corrected chi connectivity index (χ3v) is 5.28. The molecule has 1 heterocycles. The van der Waals surface area contributed by atoms with E-state index >= 15 is 0 Å². The largest absolute Gasteiger partial charge is 0.497 e. The first-order valence-electron chi connectivity index (χ1n) is 7.83. The van der Waals surface area contributed by atoms with Crippen LogP contribution in [0.25, 0.3) is 0 Å². The fourth-order valence-electron chi connectivity index (χ4n) is 2.43. The molecule has 0 spiro atoms. The van der Waals surface area contributed by atoms with Crippen LogP contribution in [-0.4, -0.2) is 34.7 Å². The van der Waals surface area contributed by atoms with Crippen LogP contribution < -0.4 is 4.74 Å². The average molecular weight is 363 g/mol. The van der Waals surface area contributed by atoms with Crippen LogP contribution in [0, 0.1) is 0 Å². The van der Waals surface area contributed by atoms with Gasteiger partial charge in [0.05, 0.1) is 17.9 Å². The lowest BCUT2D eigenvalue weighted by Crippen LogP contribution is -2.34. The molecular weight excluding hydrogens is 344 g/mol. The van der Waals surface area contributed by atoms with Gasteiger partial charge in [0.1, 0.15) is 10.8 Å². The Morgan fingerprint density at radius 1 is 1.33 bits per heavy atom. The second-order valence-electron chi connectivity index (χ2n) is 5.68. The van der Waals surface area contributed by atoms with Crippen molar-refractivity contribution in [3.8, 4) is 5.75 Å². The van der Waals surface area contributed by atoms with Crippen molar-refractivity contribution in [3.05, 3.63) is 53.2 Å². The van der Waals surface area contributed by atoms with E-state index in [1.807, 2.05) is 29.2 Å². The highest BCUT2D eigenvalue weighted by molar-refractivity contribution is 8.00. The molecule has 1 aromatic carbocycles. The summed E-state index contributed by atoms with van der Waals surface area (Å²) in [5, 5.41) is 1.29. The van der Waals surface area contributed by atoms with Crippen molar-refractivity contribution in [2.24, 2.45) is 0 Å². The summed E-state index contributed by atoms with van der Waals surface area (Å²) in [6.45, 7) is 0.629. The van der Waals surface area contributed by atoms with Gasteiger partial charge in [-0.2, -0.15) is 0 Å². The summed E-state index contributed by atoms with van der Waals surface area (Å²) in [7, 11) is 1.65. The molecule has 1 amide bonds. The third-order valence-electron chi connectivity index (χ3n) is 3.88. The summed E-state index contributed by atoms with van der Waals surface area (Å²) in [5.74, 6) is 1.30. The molecule has 1 fully saturated rings. The number of nitrogens with zero attached hydrogens (tertiary/aromatic N) is 2. The molecule has 0 bridgehead atoms. The molecule has 0 radical (unpaired) electrons. The summed E-state index contributed by atoms with van der Waals surface area (Å²) < 4.78 is 5.18. The van der Waals surface area contributed by atoms with Crippen molar-refractivity contribution >= 4 is 29.3 Å². The molecule has 1 saturated carbocycles. The summed E-state index contributed by atoms with van der Waals surface area (Å²) in [6, 6.07) is 11.8. The quantitative estimate of drug-likeness (QED) is 0.697. The number of hydrogen-bond donors (Lipinski definition) is 0. The predicted octanol–water partition coefficient (Wildman–Crippen LogP) is 4.03.